The van der Waals surface area contributed by atoms with E-state index < -0.39 is 10.0 Å². The Morgan fingerprint density at radius 3 is 2.85 bits per heavy atom. The van der Waals surface area contributed by atoms with Crippen LogP contribution in [0, 0.1) is 0 Å². The van der Waals surface area contributed by atoms with Crippen LogP contribution in [0.3, 0.4) is 0 Å². The summed E-state index contributed by atoms with van der Waals surface area (Å²) in [6.45, 7) is 0.0197. The van der Waals surface area contributed by atoms with Gasteiger partial charge in [0.05, 0.1) is 22.5 Å². The predicted molar refractivity (Wildman–Crippen MR) is 103 cm³/mol. The summed E-state index contributed by atoms with van der Waals surface area (Å²) in [6.07, 6.45) is 5.20. The molecule has 2 heterocycles. The normalized spacial score (nSPS) is 11.4. The summed E-state index contributed by atoms with van der Waals surface area (Å²) in [6, 6.07) is 12.3. The van der Waals surface area contributed by atoms with Gasteiger partial charge in [-0.1, -0.05) is 12.1 Å². The van der Waals surface area contributed by atoms with E-state index >= 15 is 0 Å². The zero-order valence-corrected chi connectivity index (χ0v) is 15.7. The Kier molecular flexibility index (Phi) is 5.48. The molecule has 0 atom stereocenters. The summed E-state index contributed by atoms with van der Waals surface area (Å²) in [5, 5.41) is 6.71. The molecule has 2 aromatic heterocycles. The Bertz CT molecular complexity index is 1030. The number of carbonyl (C=O) groups is 1. The fourth-order valence-electron chi connectivity index (χ4n) is 2.44. The fraction of sp³-hybridized carbons (Fsp3) is 0.176. The summed E-state index contributed by atoms with van der Waals surface area (Å²) in [5.41, 5.74) is 1.78. The number of hydrogen-bond acceptors (Lipinski definition) is 5. The van der Waals surface area contributed by atoms with Gasteiger partial charge in [-0.25, -0.2) is 12.9 Å². The molecule has 2 N–H and O–H groups in total. The van der Waals surface area contributed by atoms with Crippen molar-refractivity contribution in [3.8, 4) is 0 Å². The Morgan fingerprint density at radius 1 is 1.23 bits per heavy atom. The van der Waals surface area contributed by atoms with Gasteiger partial charge in [0.25, 0.3) is 5.91 Å². The molecule has 0 bridgehead atoms. The van der Waals surface area contributed by atoms with Gasteiger partial charge in [0.15, 0.2) is 0 Å². The van der Waals surface area contributed by atoms with Crippen LogP contribution in [0.25, 0.3) is 5.52 Å². The fourth-order valence-corrected chi connectivity index (χ4v) is 4.00. The number of aromatic nitrogens is 2. The largest absolute Gasteiger partial charge is 0.351 e. The zero-order chi connectivity index (χ0) is 18.6. The quantitative estimate of drug-likeness (QED) is 0.604. The van der Waals surface area contributed by atoms with Crippen LogP contribution in [0.1, 0.15) is 10.4 Å². The molecule has 3 aromatic rings. The lowest BCUT2D eigenvalue weighted by Crippen LogP contribution is -2.31. The number of benzene rings is 1. The number of hydrogen-bond donors (Lipinski definition) is 2. The third kappa shape index (κ3) is 4.36. The van der Waals surface area contributed by atoms with Gasteiger partial charge >= 0.3 is 0 Å². The van der Waals surface area contributed by atoms with Crippen molar-refractivity contribution in [2.45, 2.75) is 4.90 Å². The SMILES string of the molecule is CSc1ccccc1C(=O)NCCS(=O)(=O)Nc1ccn2nccc2c1. The number of sulfonamides is 1. The second-order valence-electron chi connectivity index (χ2n) is 5.49. The van der Waals surface area contributed by atoms with Crippen LogP contribution in [-0.2, 0) is 10.0 Å². The summed E-state index contributed by atoms with van der Waals surface area (Å²) < 4.78 is 28.6. The zero-order valence-electron chi connectivity index (χ0n) is 14.0. The van der Waals surface area contributed by atoms with Gasteiger partial charge in [-0.2, -0.15) is 5.10 Å². The van der Waals surface area contributed by atoms with Gasteiger partial charge in [0.2, 0.25) is 10.0 Å². The molecule has 0 saturated carbocycles. The number of nitrogens with one attached hydrogen (secondary N) is 2. The van der Waals surface area contributed by atoms with E-state index in [-0.39, 0.29) is 18.2 Å². The highest BCUT2D eigenvalue weighted by atomic mass is 32.2. The molecule has 3 rings (SSSR count). The molecule has 26 heavy (non-hydrogen) atoms. The molecular weight excluding hydrogens is 372 g/mol. The smallest absolute Gasteiger partial charge is 0.252 e. The standard InChI is InChI=1S/C17H18N4O3S2/c1-25-16-5-3-2-4-15(16)17(22)18-9-11-26(23,24)20-13-7-10-21-14(12-13)6-8-19-21/h2-8,10,12,20H,9,11H2,1H3,(H,18,22). The van der Waals surface area contributed by atoms with Crippen molar-refractivity contribution < 1.29 is 13.2 Å². The van der Waals surface area contributed by atoms with Crippen molar-refractivity contribution in [2.75, 3.05) is 23.3 Å². The molecule has 7 nitrogen and oxygen atoms in total. The second kappa shape index (κ2) is 7.79. The number of pyridine rings is 1. The summed E-state index contributed by atoms with van der Waals surface area (Å²) in [7, 11) is -3.58. The van der Waals surface area contributed by atoms with Crippen LogP contribution in [-0.4, -0.2) is 42.5 Å². The molecule has 136 valence electrons. The van der Waals surface area contributed by atoms with Crippen LogP contribution in [0.2, 0.25) is 0 Å². The monoisotopic (exact) mass is 390 g/mol. The van der Waals surface area contributed by atoms with Crippen LogP contribution in [0.15, 0.2) is 59.8 Å². The molecule has 0 unspecified atom stereocenters. The van der Waals surface area contributed by atoms with Crippen molar-refractivity contribution in [3.05, 3.63) is 60.4 Å². The molecule has 0 fully saturated rings. The number of anilines is 1. The predicted octanol–water partition coefficient (Wildman–Crippen LogP) is 2.23. The number of rotatable bonds is 7. The van der Waals surface area contributed by atoms with E-state index in [2.05, 4.69) is 15.1 Å². The molecule has 1 aromatic carbocycles. The van der Waals surface area contributed by atoms with Crippen LogP contribution >= 0.6 is 11.8 Å². The van der Waals surface area contributed by atoms with E-state index in [1.165, 1.54) is 11.8 Å². The molecule has 9 heteroatoms. The Morgan fingerprint density at radius 2 is 2.04 bits per heavy atom. The number of nitrogens with zero attached hydrogens (tertiary/aromatic N) is 2. The minimum Gasteiger partial charge on any atom is -0.351 e. The van der Waals surface area contributed by atoms with E-state index in [0.717, 1.165) is 10.4 Å². The lowest BCUT2D eigenvalue weighted by atomic mass is 10.2. The molecule has 0 radical (unpaired) electrons. The van der Waals surface area contributed by atoms with Gasteiger partial charge in [0, 0.05) is 23.8 Å². The lowest BCUT2D eigenvalue weighted by molar-refractivity contribution is 0.0953. The van der Waals surface area contributed by atoms with Crippen molar-refractivity contribution in [3.63, 3.8) is 0 Å². The Hall–Kier alpha value is -2.52. The highest BCUT2D eigenvalue weighted by Crippen LogP contribution is 2.19. The first-order chi connectivity index (χ1) is 12.5. The first-order valence-electron chi connectivity index (χ1n) is 7.83. The Labute approximate surface area is 155 Å². The highest BCUT2D eigenvalue weighted by Gasteiger charge is 2.14. The highest BCUT2D eigenvalue weighted by molar-refractivity contribution is 7.98. The van der Waals surface area contributed by atoms with Gasteiger partial charge in [-0.3, -0.25) is 9.52 Å². The van der Waals surface area contributed by atoms with Crippen LogP contribution < -0.4 is 10.0 Å². The van der Waals surface area contributed by atoms with E-state index in [1.807, 2.05) is 18.4 Å². The molecule has 0 spiro atoms. The van der Waals surface area contributed by atoms with Crippen LogP contribution in [0.5, 0.6) is 0 Å². The molecule has 1 amide bonds. The number of carbonyl (C=O) groups excluding carboxylic acids is 1. The minimum atomic E-state index is -3.58. The maximum absolute atomic E-state index is 12.2. The van der Waals surface area contributed by atoms with Gasteiger partial charge in [-0.05, 0) is 36.6 Å². The molecule has 0 aliphatic carbocycles. The van der Waals surface area contributed by atoms with E-state index in [9.17, 15) is 13.2 Å². The van der Waals surface area contributed by atoms with Crippen molar-refractivity contribution in [2.24, 2.45) is 0 Å². The van der Waals surface area contributed by atoms with Gasteiger partial charge in [0.1, 0.15) is 0 Å². The van der Waals surface area contributed by atoms with E-state index in [4.69, 9.17) is 0 Å². The lowest BCUT2D eigenvalue weighted by Gasteiger charge is -2.10. The van der Waals surface area contributed by atoms with E-state index in [1.54, 1.807) is 47.2 Å². The van der Waals surface area contributed by atoms with Gasteiger partial charge < -0.3 is 5.32 Å². The first-order valence-corrected chi connectivity index (χ1v) is 10.7. The molecule has 0 saturated heterocycles. The average molecular weight is 390 g/mol. The third-order valence-electron chi connectivity index (χ3n) is 3.68. The van der Waals surface area contributed by atoms with Gasteiger partial charge in [-0.15, -0.1) is 11.8 Å². The molecular formula is C17H18N4O3S2. The second-order valence-corrected chi connectivity index (χ2v) is 8.18. The number of amides is 1. The average Bonchev–Trinajstić information content (AvgIpc) is 3.08. The van der Waals surface area contributed by atoms with Crippen molar-refractivity contribution in [1.82, 2.24) is 14.9 Å². The number of thioether (sulfide) groups is 1. The minimum absolute atomic E-state index is 0.0197. The maximum atomic E-state index is 12.2. The molecule has 0 aliphatic heterocycles. The van der Waals surface area contributed by atoms with Crippen molar-refractivity contribution >= 4 is 38.9 Å². The Balaban J connectivity index is 1.58. The first kappa shape index (κ1) is 18.3. The third-order valence-corrected chi connectivity index (χ3v) is 5.76. The topological polar surface area (TPSA) is 92.6 Å². The van der Waals surface area contributed by atoms with E-state index in [0.29, 0.717) is 11.3 Å². The molecule has 0 aliphatic rings. The summed E-state index contributed by atoms with van der Waals surface area (Å²) in [5.74, 6) is -0.504. The maximum Gasteiger partial charge on any atom is 0.252 e. The summed E-state index contributed by atoms with van der Waals surface area (Å²) >= 11 is 1.47. The van der Waals surface area contributed by atoms with Crippen LogP contribution in [0.4, 0.5) is 5.69 Å². The number of fused-ring (bicyclic) bond motifs is 1. The summed E-state index contributed by atoms with van der Waals surface area (Å²) in [4.78, 5) is 13.1. The van der Waals surface area contributed by atoms with Crippen molar-refractivity contribution in [1.29, 1.82) is 0 Å².